The fourth-order valence-corrected chi connectivity index (χ4v) is 3.46. The standard InChI is InChI=1S/C19H22N2O4/c22-17(8-5-14-3-6-15(7-4-14)19(24)25)20-12-9-16(10-13-20)21-11-1-2-18(21)23/h3-8,16H,1-2,9-13H2,(H,24,25). The fourth-order valence-electron chi connectivity index (χ4n) is 3.46. The molecular formula is C19H22N2O4. The SMILES string of the molecule is O=C(O)c1ccc(C=CC(=O)N2CCC(N3CCCC3=O)CC2)cc1. The Labute approximate surface area is 146 Å². The highest BCUT2D eigenvalue weighted by molar-refractivity contribution is 5.92. The van der Waals surface area contributed by atoms with Crippen molar-refractivity contribution in [2.75, 3.05) is 19.6 Å². The number of carboxylic acid groups (broad SMARTS) is 1. The number of carboxylic acids is 1. The molecule has 0 saturated carbocycles. The number of carbonyl (C=O) groups is 3. The zero-order valence-corrected chi connectivity index (χ0v) is 14.1. The third-order valence-corrected chi connectivity index (χ3v) is 4.90. The average molecular weight is 342 g/mol. The van der Waals surface area contributed by atoms with Gasteiger partial charge in [-0.05, 0) is 43.0 Å². The summed E-state index contributed by atoms with van der Waals surface area (Å²) in [5.41, 5.74) is 1.01. The van der Waals surface area contributed by atoms with E-state index in [1.54, 1.807) is 23.1 Å². The van der Waals surface area contributed by atoms with Gasteiger partial charge < -0.3 is 14.9 Å². The van der Waals surface area contributed by atoms with Gasteiger partial charge in [0.1, 0.15) is 0 Å². The summed E-state index contributed by atoms with van der Waals surface area (Å²) in [6.45, 7) is 2.18. The first kappa shape index (κ1) is 17.2. The van der Waals surface area contributed by atoms with Crippen LogP contribution in [0, 0.1) is 0 Å². The van der Waals surface area contributed by atoms with Gasteiger partial charge in [-0.1, -0.05) is 12.1 Å². The van der Waals surface area contributed by atoms with Crippen molar-refractivity contribution in [3.8, 4) is 0 Å². The van der Waals surface area contributed by atoms with E-state index in [9.17, 15) is 14.4 Å². The van der Waals surface area contributed by atoms with E-state index in [4.69, 9.17) is 5.11 Å². The lowest BCUT2D eigenvalue weighted by atomic mass is 10.0. The van der Waals surface area contributed by atoms with Crippen LogP contribution in [0.25, 0.3) is 6.08 Å². The predicted octanol–water partition coefficient (Wildman–Crippen LogP) is 2.01. The molecule has 1 aromatic carbocycles. The van der Waals surface area contributed by atoms with Crippen LogP contribution in [-0.2, 0) is 9.59 Å². The molecule has 0 spiro atoms. The maximum absolute atomic E-state index is 12.3. The average Bonchev–Trinajstić information content (AvgIpc) is 3.06. The molecule has 2 amide bonds. The molecule has 3 rings (SSSR count). The van der Waals surface area contributed by atoms with Gasteiger partial charge in [-0.25, -0.2) is 4.79 Å². The highest BCUT2D eigenvalue weighted by Crippen LogP contribution is 2.22. The van der Waals surface area contributed by atoms with E-state index in [2.05, 4.69) is 0 Å². The second-order valence-corrected chi connectivity index (χ2v) is 6.51. The van der Waals surface area contributed by atoms with Crippen LogP contribution in [0.5, 0.6) is 0 Å². The summed E-state index contributed by atoms with van der Waals surface area (Å²) in [6, 6.07) is 6.67. The van der Waals surface area contributed by atoms with Gasteiger partial charge in [0, 0.05) is 38.2 Å². The van der Waals surface area contributed by atoms with Gasteiger partial charge in [0.2, 0.25) is 11.8 Å². The van der Waals surface area contributed by atoms with E-state index in [1.807, 2.05) is 4.90 Å². The minimum Gasteiger partial charge on any atom is -0.478 e. The Morgan fingerprint density at radius 2 is 1.76 bits per heavy atom. The summed E-state index contributed by atoms with van der Waals surface area (Å²) in [5, 5.41) is 8.88. The quantitative estimate of drug-likeness (QED) is 0.849. The van der Waals surface area contributed by atoms with Crippen molar-refractivity contribution in [1.82, 2.24) is 9.80 Å². The van der Waals surface area contributed by atoms with E-state index in [0.717, 1.165) is 31.4 Å². The summed E-state index contributed by atoms with van der Waals surface area (Å²) in [5.74, 6) is -0.769. The molecule has 2 aliphatic heterocycles. The fraction of sp³-hybridized carbons (Fsp3) is 0.421. The number of carbonyl (C=O) groups excluding carboxylic acids is 2. The first-order valence-corrected chi connectivity index (χ1v) is 8.64. The molecular weight excluding hydrogens is 320 g/mol. The maximum atomic E-state index is 12.3. The van der Waals surface area contributed by atoms with Crippen LogP contribution >= 0.6 is 0 Å². The number of hydrogen-bond acceptors (Lipinski definition) is 3. The Balaban J connectivity index is 1.52. The number of piperidine rings is 1. The Bertz CT molecular complexity index is 688. The van der Waals surface area contributed by atoms with Gasteiger partial charge in [-0.15, -0.1) is 0 Å². The second-order valence-electron chi connectivity index (χ2n) is 6.51. The number of benzene rings is 1. The molecule has 6 heteroatoms. The van der Waals surface area contributed by atoms with Crippen molar-refractivity contribution in [2.45, 2.75) is 31.7 Å². The van der Waals surface area contributed by atoms with Crippen LogP contribution in [0.4, 0.5) is 0 Å². The summed E-state index contributed by atoms with van der Waals surface area (Å²) in [4.78, 5) is 38.7. The molecule has 2 aliphatic rings. The Morgan fingerprint density at radius 3 is 2.32 bits per heavy atom. The van der Waals surface area contributed by atoms with Crippen LogP contribution in [0.15, 0.2) is 30.3 Å². The van der Waals surface area contributed by atoms with Crippen molar-refractivity contribution in [3.05, 3.63) is 41.5 Å². The predicted molar refractivity (Wildman–Crippen MR) is 93.0 cm³/mol. The molecule has 2 heterocycles. The van der Waals surface area contributed by atoms with Crippen LogP contribution in [0.1, 0.15) is 41.6 Å². The molecule has 6 nitrogen and oxygen atoms in total. The number of aromatic carboxylic acids is 1. The molecule has 0 atom stereocenters. The first-order chi connectivity index (χ1) is 12.0. The van der Waals surface area contributed by atoms with Gasteiger partial charge in [-0.2, -0.15) is 0 Å². The lowest BCUT2D eigenvalue weighted by Gasteiger charge is -2.36. The first-order valence-electron chi connectivity index (χ1n) is 8.64. The van der Waals surface area contributed by atoms with Crippen molar-refractivity contribution >= 4 is 23.9 Å². The molecule has 2 saturated heterocycles. The van der Waals surface area contributed by atoms with Crippen molar-refractivity contribution in [2.24, 2.45) is 0 Å². The lowest BCUT2D eigenvalue weighted by Crippen LogP contribution is -2.46. The van der Waals surface area contributed by atoms with Gasteiger partial charge in [0.15, 0.2) is 0 Å². The summed E-state index contributed by atoms with van der Waals surface area (Å²) < 4.78 is 0. The molecule has 2 fully saturated rings. The van der Waals surface area contributed by atoms with Crippen LogP contribution in [-0.4, -0.2) is 58.4 Å². The van der Waals surface area contributed by atoms with E-state index in [-0.39, 0.29) is 23.4 Å². The monoisotopic (exact) mass is 342 g/mol. The molecule has 0 aliphatic carbocycles. The Morgan fingerprint density at radius 1 is 1.08 bits per heavy atom. The third kappa shape index (κ3) is 4.07. The van der Waals surface area contributed by atoms with Crippen LogP contribution < -0.4 is 0 Å². The number of amides is 2. The number of likely N-dealkylation sites (tertiary alicyclic amines) is 2. The molecule has 1 aromatic rings. The Hall–Kier alpha value is -2.63. The zero-order valence-electron chi connectivity index (χ0n) is 14.1. The summed E-state index contributed by atoms with van der Waals surface area (Å²) in [6.07, 6.45) is 6.49. The molecule has 132 valence electrons. The molecule has 0 radical (unpaired) electrons. The highest BCUT2D eigenvalue weighted by atomic mass is 16.4. The molecule has 1 N–H and O–H groups in total. The van der Waals surface area contributed by atoms with Gasteiger partial charge in [0.05, 0.1) is 5.56 Å². The van der Waals surface area contributed by atoms with E-state index >= 15 is 0 Å². The van der Waals surface area contributed by atoms with Crippen molar-refractivity contribution in [3.63, 3.8) is 0 Å². The topological polar surface area (TPSA) is 77.9 Å². The second kappa shape index (κ2) is 7.51. The number of nitrogens with zero attached hydrogens (tertiary/aromatic N) is 2. The van der Waals surface area contributed by atoms with Gasteiger partial charge in [-0.3, -0.25) is 9.59 Å². The number of rotatable bonds is 4. The largest absolute Gasteiger partial charge is 0.478 e. The Kier molecular flexibility index (Phi) is 5.16. The molecule has 0 aromatic heterocycles. The third-order valence-electron chi connectivity index (χ3n) is 4.90. The zero-order chi connectivity index (χ0) is 17.8. The van der Waals surface area contributed by atoms with Gasteiger partial charge >= 0.3 is 5.97 Å². The van der Waals surface area contributed by atoms with E-state index in [1.165, 1.54) is 18.2 Å². The normalized spacial score (nSPS) is 19.0. The lowest BCUT2D eigenvalue weighted by molar-refractivity contribution is -0.132. The van der Waals surface area contributed by atoms with Crippen molar-refractivity contribution in [1.29, 1.82) is 0 Å². The number of hydrogen-bond donors (Lipinski definition) is 1. The minimum atomic E-state index is -0.967. The van der Waals surface area contributed by atoms with Crippen LogP contribution in [0.2, 0.25) is 0 Å². The van der Waals surface area contributed by atoms with Crippen molar-refractivity contribution < 1.29 is 19.5 Å². The summed E-state index contributed by atoms with van der Waals surface area (Å²) >= 11 is 0. The molecule has 0 unspecified atom stereocenters. The smallest absolute Gasteiger partial charge is 0.335 e. The van der Waals surface area contributed by atoms with Gasteiger partial charge in [0.25, 0.3) is 0 Å². The van der Waals surface area contributed by atoms with Crippen LogP contribution in [0.3, 0.4) is 0 Å². The maximum Gasteiger partial charge on any atom is 0.335 e. The van der Waals surface area contributed by atoms with E-state index in [0.29, 0.717) is 19.5 Å². The molecule has 0 bridgehead atoms. The highest BCUT2D eigenvalue weighted by Gasteiger charge is 2.31. The van der Waals surface area contributed by atoms with E-state index < -0.39 is 5.97 Å². The summed E-state index contributed by atoms with van der Waals surface area (Å²) in [7, 11) is 0. The molecule has 25 heavy (non-hydrogen) atoms. The minimum absolute atomic E-state index is 0.0477.